The Kier molecular flexibility index (Phi) is 32.7. The molecule has 0 aliphatic carbocycles. The summed E-state index contributed by atoms with van der Waals surface area (Å²) in [7, 11) is 0. The van der Waals surface area contributed by atoms with Gasteiger partial charge in [0.2, 0.25) is 0 Å². The Morgan fingerprint density at radius 3 is 1.09 bits per heavy atom. The maximum atomic E-state index is 11.8. The van der Waals surface area contributed by atoms with Gasteiger partial charge < -0.3 is 15.3 Å². The van der Waals surface area contributed by atoms with Crippen LogP contribution in [0.2, 0.25) is 0 Å². The maximum absolute atomic E-state index is 11.8. The topological polar surface area (TPSA) is 60.7 Å². The molecule has 8 heteroatoms. The first-order chi connectivity index (χ1) is 9.85. The summed E-state index contributed by atoms with van der Waals surface area (Å²) in [5, 5.41) is 23.6. The SMILES string of the molecule is CCCO.CCCO.CCCO.[F][Ge]([F])([F])[c-]1cccc1.[Hf]. The quantitative estimate of drug-likeness (QED) is 0.398. The molecule has 0 spiro atoms. The molecule has 1 aromatic rings. The zero-order valence-corrected chi connectivity index (χ0v) is 19.2. The van der Waals surface area contributed by atoms with Crippen LogP contribution >= 0.6 is 0 Å². The largest absolute Gasteiger partial charge is 0 e. The number of hydrogen-bond donors (Lipinski definition) is 3. The summed E-state index contributed by atoms with van der Waals surface area (Å²) < 4.78 is 35.0. The molecule has 0 aliphatic rings. The third kappa shape index (κ3) is 28.6. The Morgan fingerprint density at radius 2 is 1.00 bits per heavy atom. The van der Waals surface area contributed by atoms with Crippen molar-refractivity contribution in [2.45, 2.75) is 40.0 Å². The van der Waals surface area contributed by atoms with Crippen molar-refractivity contribution in [2.75, 3.05) is 19.8 Å². The van der Waals surface area contributed by atoms with E-state index in [2.05, 4.69) is 0 Å². The van der Waals surface area contributed by atoms with Crippen LogP contribution in [0.3, 0.4) is 0 Å². The zero-order valence-electron chi connectivity index (χ0n) is 13.5. The first-order valence-corrected chi connectivity index (χ1v) is 10.4. The minimum Gasteiger partial charge on any atom is 0 e. The second kappa shape index (κ2) is 23.7. The fraction of sp³-hybridized carbons (Fsp3) is 0.643. The first-order valence-electron chi connectivity index (χ1n) is 6.96. The molecule has 132 valence electrons. The van der Waals surface area contributed by atoms with Gasteiger partial charge in [-0.3, -0.25) is 0 Å². The molecule has 0 amide bonds. The number of hydrogen-bond acceptors (Lipinski definition) is 3. The monoisotopic (exact) mass is 555 g/mol. The molecule has 0 aromatic heterocycles. The number of aliphatic hydroxyl groups is 3. The van der Waals surface area contributed by atoms with Crippen LogP contribution in [0.25, 0.3) is 0 Å². The second-order valence-electron chi connectivity index (χ2n) is 3.84. The molecule has 0 saturated heterocycles. The summed E-state index contributed by atoms with van der Waals surface area (Å²) >= 11 is -5.94. The number of aliphatic hydroxyl groups excluding tert-OH is 3. The van der Waals surface area contributed by atoms with Gasteiger partial charge >= 0.3 is 53.8 Å². The van der Waals surface area contributed by atoms with Crippen molar-refractivity contribution < 1.29 is 51.7 Å². The van der Waals surface area contributed by atoms with Crippen molar-refractivity contribution in [3.05, 3.63) is 24.3 Å². The predicted molar refractivity (Wildman–Crippen MR) is 82.9 cm³/mol. The van der Waals surface area contributed by atoms with E-state index in [0.717, 1.165) is 31.4 Å². The van der Waals surface area contributed by atoms with Crippen LogP contribution in [0.1, 0.15) is 40.0 Å². The fourth-order valence-electron chi connectivity index (χ4n) is 0.563. The summed E-state index contributed by atoms with van der Waals surface area (Å²) in [6.07, 6.45) is 2.62. The van der Waals surface area contributed by atoms with Crippen LogP contribution in [-0.2, 0) is 25.8 Å². The molecule has 0 aliphatic heterocycles. The van der Waals surface area contributed by atoms with Crippen LogP contribution in [0, 0.1) is 0 Å². The van der Waals surface area contributed by atoms with Crippen molar-refractivity contribution in [3.63, 3.8) is 0 Å². The molecule has 1 aromatic carbocycles. The molecular weight excluding hydrogens is 524 g/mol. The minimum absolute atomic E-state index is 0. The standard InChI is InChI=1S/C5H4F3Ge.3C3H8O.Hf/c6-9(7,8)5-3-1-2-4-5;3*1-2-3-4;/h1-4H;3*4H,2-3H2,1H3;/q-1;;;;. The molecule has 0 fully saturated rings. The molecule has 3 nitrogen and oxygen atoms in total. The van der Waals surface area contributed by atoms with Crippen molar-refractivity contribution >= 4 is 19.1 Å². The van der Waals surface area contributed by atoms with Gasteiger partial charge in [0, 0.05) is 45.7 Å². The summed E-state index contributed by atoms with van der Waals surface area (Å²) in [6, 6.07) is 5.07. The van der Waals surface area contributed by atoms with Gasteiger partial charge in [0.25, 0.3) is 0 Å². The predicted octanol–water partition coefficient (Wildman–Crippen LogP) is 2.62. The van der Waals surface area contributed by atoms with Crippen molar-refractivity contribution in [2.24, 2.45) is 0 Å². The average molecular weight is 552 g/mol. The van der Waals surface area contributed by atoms with Gasteiger partial charge in [-0.2, -0.15) is 0 Å². The summed E-state index contributed by atoms with van der Waals surface area (Å²) in [4.78, 5) is 0. The Morgan fingerprint density at radius 1 is 0.773 bits per heavy atom. The van der Waals surface area contributed by atoms with E-state index < -0.39 is 19.1 Å². The van der Waals surface area contributed by atoms with E-state index in [9.17, 15) is 10.5 Å². The van der Waals surface area contributed by atoms with E-state index in [-0.39, 0.29) is 25.8 Å². The third-order valence-corrected chi connectivity index (χ3v) is 3.73. The molecule has 0 saturated carbocycles. The normalized spacial score (nSPS) is 8.95. The summed E-state index contributed by atoms with van der Waals surface area (Å²) in [5.41, 5.74) is 0. The zero-order chi connectivity index (χ0) is 17.1. The molecule has 0 unspecified atom stereocenters. The Balaban J connectivity index is -0.000000107. The van der Waals surface area contributed by atoms with E-state index in [1.807, 2.05) is 20.8 Å². The van der Waals surface area contributed by atoms with Gasteiger partial charge in [-0.05, 0) is 19.3 Å². The maximum Gasteiger partial charge on any atom is 0 e. The number of rotatable bonds is 4. The molecule has 0 radical (unpaired) electrons. The van der Waals surface area contributed by atoms with Crippen molar-refractivity contribution in [3.8, 4) is 0 Å². The van der Waals surface area contributed by atoms with E-state index in [1.54, 1.807) is 0 Å². The van der Waals surface area contributed by atoms with Crippen LogP contribution < -0.4 is 4.40 Å². The van der Waals surface area contributed by atoms with E-state index in [0.29, 0.717) is 19.8 Å². The van der Waals surface area contributed by atoms with E-state index in [1.165, 1.54) is 12.1 Å². The van der Waals surface area contributed by atoms with Crippen LogP contribution in [0.15, 0.2) is 24.3 Å². The first kappa shape index (κ1) is 30.3. The summed E-state index contributed by atoms with van der Waals surface area (Å²) in [5.74, 6) is 0. The van der Waals surface area contributed by atoms with Crippen LogP contribution in [0.5, 0.6) is 0 Å². The molecule has 0 bridgehead atoms. The average Bonchev–Trinajstić information content (AvgIpc) is 3.02. The van der Waals surface area contributed by atoms with Crippen LogP contribution in [-0.4, -0.2) is 49.8 Å². The molecule has 22 heavy (non-hydrogen) atoms. The molecule has 0 heterocycles. The van der Waals surface area contributed by atoms with Crippen molar-refractivity contribution in [1.82, 2.24) is 0 Å². The molecule has 3 N–H and O–H groups in total. The van der Waals surface area contributed by atoms with E-state index in [4.69, 9.17) is 15.3 Å². The summed E-state index contributed by atoms with van der Waals surface area (Å²) in [6.45, 7) is 6.75. The minimum atomic E-state index is -5.94. The van der Waals surface area contributed by atoms with E-state index >= 15 is 0 Å². The third-order valence-electron chi connectivity index (χ3n) is 1.66. The molecular formula is C14H28F3GeHfO3-. The van der Waals surface area contributed by atoms with Gasteiger partial charge in [0.05, 0.1) is 0 Å². The van der Waals surface area contributed by atoms with Gasteiger partial charge in [-0.25, -0.2) is 0 Å². The second-order valence-corrected chi connectivity index (χ2v) is 7.14. The van der Waals surface area contributed by atoms with Crippen LogP contribution in [0.4, 0.5) is 10.5 Å². The Hall–Kier alpha value is 0.433. The van der Waals surface area contributed by atoms with Gasteiger partial charge in [-0.15, -0.1) is 0 Å². The smallest absolute Gasteiger partial charge is 0 e. The number of halogens is 3. The van der Waals surface area contributed by atoms with Crippen molar-refractivity contribution in [1.29, 1.82) is 0 Å². The fourth-order valence-corrected chi connectivity index (χ4v) is 1.76. The Bertz CT molecular complexity index is 255. The van der Waals surface area contributed by atoms with Gasteiger partial charge in [-0.1, -0.05) is 20.8 Å². The van der Waals surface area contributed by atoms with Gasteiger partial charge in [0.1, 0.15) is 0 Å². The molecule has 1 rings (SSSR count). The van der Waals surface area contributed by atoms with Gasteiger partial charge in [0.15, 0.2) is 0 Å². The molecule has 0 atom stereocenters. The Labute approximate surface area is 154 Å².